The molecule has 1 aromatic heterocycles. The van der Waals surface area contributed by atoms with Crippen LogP contribution in [0.15, 0.2) is 12.4 Å². The van der Waals surface area contributed by atoms with Gasteiger partial charge >= 0.3 is 0 Å². The summed E-state index contributed by atoms with van der Waals surface area (Å²) in [6.45, 7) is 2.95. The first-order chi connectivity index (χ1) is 8.33. The number of hydrogen-bond donors (Lipinski definition) is 0. The molecule has 0 amide bonds. The van der Waals surface area contributed by atoms with Crippen molar-refractivity contribution in [2.75, 3.05) is 33.5 Å². The summed E-state index contributed by atoms with van der Waals surface area (Å²) in [5.41, 5.74) is 0.758. The first-order valence-corrected chi connectivity index (χ1v) is 5.81. The van der Waals surface area contributed by atoms with E-state index in [1.54, 1.807) is 13.3 Å². The van der Waals surface area contributed by atoms with Gasteiger partial charge in [0.1, 0.15) is 5.15 Å². The van der Waals surface area contributed by atoms with Crippen LogP contribution >= 0.6 is 11.6 Å². The summed E-state index contributed by atoms with van der Waals surface area (Å²) in [6.07, 6.45) is 4.00. The molecule has 0 atom stereocenters. The minimum Gasteiger partial charge on any atom is -0.385 e. The van der Waals surface area contributed by atoms with Crippen molar-refractivity contribution in [3.8, 4) is 0 Å². The summed E-state index contributed by atoms with van der Waals surface area (Å²) in [7, 11) is 1.68. The van der Waals surface area contributed by atoms with Crippen LogP contribution in [0, 0.1) is 0 Å². The SMILES string of the molecule is COCCCOCCOCc1cnc(Cl)cn1. The van der Waals surface area contributed by atoms with Crippen LogP contribution in [-0.2, 0) is 20.8 Å². The predicted molar refractivity (Wildman–Crippen MR) is 64.0 cm³/mol. The first kappa shape index (κ1) is 14.3. The molecule has 0 spiro atoms. The molecule has 0 radical (unpaired) electrons. The van der Waals surface area contributed by atoms with Gasteiger partial charge in [-0.2, -0.15) is 0 Å². The quantitative estimate of drug-likeness (QED) is 0.633. The van der Waals surface area contributed by atoms with Gasteiger partial charge in [0.15, 0.2) is 0 Å². The van der Waals surface area contributed by atoms with Crippen molar-refractivity contribution in [3.05, 3.63) is 23.2 Å². The second-order valence-electron chi connectivity index (χ2n) is 3.34. The lowest BCUT2D eigenvalue weighted by Gasteiger charge is -2.05. The fourth-order valence-electron chi connectivity index (χ4n) is 1.12. The van der Waals surface area contributed by atoms with E-state index in [-0.39, 0.29) is 0 Å². The Morgan fingerprint density at radius 3 is 2.59 bits per heavy atom. The van der Waals surface area contributed by atoms with E-state index in [0.29, 0.717) is 31.6 Å². The van der Waals surface area contributed by atoms with Crippen LogP contribution in [-0.4, -0.2) is 43.5 Å². The van der Waals surface area contributed by atoms with Crippen LogP contribution in [0.25, 0.3) is 0 Å². The van der Waals surface area contributed by atoms with Gasteiger partial charge in [-0.25, -0.2) is 4.98 Å². The maximum atomic E-state index is 5.61. The summed E-state index contributed by atoms with van der Waals surface area (Å²) in [5, 5.41) is 0.384. The minimum absolute atomic E-state index is 0.384. The average Bonchev–Trinajstić information content (AvgIpc) is 2.35. The molecule has 5 nitrogen and oxygen atoms in total. The maximum absolute atomic E-state index is 5.61. The lowest BCUT2D eigenvalue weighted by molar-refractivity contribution is 0.0326. The van der Waals surface area contributed by atoms with Crippen molar-refractivity contribution >= 4 is 11.6 Å². The van der Waals surface area contributed by atoms with Crippen LogP contribution in [0.3, 0.4) is 0 Å². The Bertz CT molecular complexity index is 295. The molecule has 0 aliphatic heterocycles. The number of methoxy groups -OCH3 is 1. The third-order valence-corrected chi connectivity index (χ3v) is 2.13. The second-order valence-corrected chi connectivity index (χ2v) is 3.73. The van der Waals surface area contributed by atoms with E-state index >= 15 is 0 Å². The van der Waals surface area contributed by atoms with Crippen molar-refractivity contribution in [2.24, 2.45) is 0 Å². The van der Waals surface area contributed by atoms with E-state index in [9.17, 15) is 0 Å². The summed E-state index contributed by atoms with van der Waals surface area (Å²) < 4.78 is 15.6. The van der Waals surface area contributed by atoms with Gasteiger partial charge in [-0.3, -0.25) is 4.98 Å². The van der Waals surface area contributed by atoms with Gasteiger partial charge in [-0.1, -0.05) is 11.6 Å². The molecule has 0 fully saturated rings. The van der Waals surface area contributed by atoms with Crippen LogP contribution in [0.1, 0.15) is 12.1 Å². The number of nitrogens with zero attached hydrogens (tertiary/aromatic N) is 2. The van der Waals surface area contributed by atoms with Crippen molar-refractivity contribution in [3.63, 3.8) is 0 Å². The van der Waals surface area contributed by atoms with Gasteiger partial charge in [0.05, 0.1) is 37.9 Å². The Morgan fingerprint density at radius 2 is 1.88 bits per heavy atom. The molecule has 0 aliphatic rings. The average molecular weight is 261 g/mol. The highest BCUT2D eigenvalue weighted by Crippen LogP contribution is 2.02. The molecule has 17 heavy (non-hydrogen) atoms. The molecule has 0 aromatic carbocycles. The molecular formula is C11H17ClN2O3. The van der Waals surface area contributed by atoms with Crippen LogP contribution in [0.2, 0.25) is 5.15 Å². The molecule has 0 saturated heterocycles. The molecular weight excluding hydrogens is 244 g/mol. The minimum atomic E-state index is 0.384. The molecule has 1 aromatic rings. The van der Waals surface area contributed by atoms with Gasteiger partial charge in [0, 0.05) is 20.3 Å². The zero-order chi connectivity index (χ0) is 12.3. The van der Waals surface area contributed by atoms with Gasteiger partial charge in [-0.05, 0) is 6.42 Å². The van der Waals surface area contributed by atoms with E-state index in [2.05, 4.69) is 9.97 Å². The Balaban J connectivity index is 1.95. The van der Waals surface area contributed by atoms with Gasteiger partial charge in [0.25, 0.3) is 0 Å². The molecule has 0 bridgehead atoms. The van der Waals surface area contributed by atoms with Crippen LogP contribution in [0.4, 0.5) is 0 Å². The van der Waals surface area contributed by atoms with Crippen molar-refractivity contribution in [1.29, 1.82) is 0 Å². The molecule has 6 heteroatoms. The lowest BCUT2D eigenvalue weighted by atomic mass is 10.5. The number of ether oxygens (including phenoxy) is 3. The molecule has 0 aliphatic carbocycles. The molecule has 0 N–H and O–H groups in total. The molecule has 0 saturated carbocycles. The molecule has 1 heterocycles. The Kier molecular flexibility index (Phi) is 7.83. The van der Waals surface area contributed by atoms with Gasteiger partial charge in [-0.15, -0.1) is 0 Å². The standard InChI is InChI=1S/C11H17ClN2O3/c1-15-3-2-4-16-5-6-17-9-10-7-14-11(12)8-13-10/h7-8H,2-6,9H2,1H3. The highest BCUT2D eigenvalue weighted by Gasteiger charge is 1.96. The summed E-state index contributed by atoms with van der Waals surface area (Å²) in [6, 6.07) is 0. The van der Waals surface area contributed by atoms with Gasteiger partial charge in [0.2, 0.25) is 0 Å². The fraction of sp³-hybridized carbons (Fsp3) is 0.636. The Morgan fingerprint density at radius 1 is 1.06 bits per heavy atom. The number of hydrogen-bond acceptors (Lipinski definition) is 5. The topological polar surface area (TPSA) is 53.5 Å². The monoisotopic (exact) mass is 260 g/mol. The van der Waals surface area contributed by atoms with Crippen molar-refractivity contribution in [2.45, 2.75) is 13.0 Å². The second kappa shape index (κ2) is 9.30. The Hall–Kier alpha value is -0.750. The third-order valence-electron chi connectivity index (χ3n) is 1.93. The van der Waals surface area contributed by atoms with Crippen molar-refractivity contribution < 1.29 is 14.2 Å². The number of rotatable bonds is 9. The van der Waals surface area contributed by atoms with Crippen LogP contribution in [0.5, 0.6) is 0 Å². The first-order valence-electron chi connectivity index (χ1n) is 5.44. The maximum Gasteiger partial charge on any atom is 0.147 e. The zero-order valence-corrected chi connectivity index (χ0v) is 10.7. The van der Waals surface area contributed by atoms with E-state index < -0.39 is 0 Å². The van der Waals surface area contributed by atoms with Crippen LogP contribution < -0.4 is 0 Å². The highest BCUT2D eigenvalue weighted by molar-refractivity contribution is 6.29. The highest BCUT2D eigenvalue weighted by atomic mass is 35.5. The zero-order valence-electron chi connectivity index (χ0n) is 9.89. The fourth-order valence-corrected chi connectivity index (χ4v) is 1.21. The largest absolute Gasteiger partial charge is 0.385 e. The van der Waals surface area contributed by atoms with E-state index in [1.807, 2.05) is 0 Å². The van der Waals surface area contributed by atoms with E-state index in [1.165, 1.54) is 6.20 Å². The van der Waals surface area contributed by atoms with Crippen molar-refractivity contribution in [1.82, 2.24) is 9.97 Å². The molecule has 0 unspecified atom stereocenters. The summed E-state index contributed by atoms with van der Waals surface area (Å²) >= 11 is 5.61. The molecule has 1 rings (SSSR count). The predicted octanol–water partition coefficient (Wildman–Crippen LogP) is 1.70. The summed E-state index contributed by atoms with van der Waals surface area (Å²) in [4.78, 5) is 7.97. The Labute approximate surface area is 106 Å². The summed E-state index contributed by atoms with van der Waals surface area (Å²) in [5.74, 6) is 0. The number of aromatic nitrogens is 2. The van der Waals surface area contributed by atoms with E-state index in [4.69, 9.17) is 25.8 Å². The lowest BCUT2D eigenvalue weighted by Crippen LogP contribution is -2.07. The normalized spacial score (nSPS) is 10.7. The van der Waals surface area contributed by atoms with E-state index in [0.717, 1.165) is 18.7 Å². The third kappa shape index (κ3) is 7.23. The smallest absolute Gasteiger partial charge is 0.147 e. The molecule has 96 valence electrons. The number of halogens is 1. The van der Waals surface area contributed by atoms with Gasteiger partial charge < -0.3 is 14.2 Å².